The Hall–Kier alpha value is -1.96. The zero-order valence-corrected chi connectivity index (χ0v) is 38.6. The molecule has 0 fully saturated rings. The van der Waals surface area contributed by atoms with E-state index in [0.29, 0.717) is 11.8 Å². The van der Waals surface area contributed by atoms with Gasteiger partial charge in [-0.2, -0.15) is 0 Å². The number of allylic oxidation sites excluding steroid dienone is 2. The first-order valence-corrected chi connectivity index (χ1v) is 36.7. The van der Waals surface area contributed by atoms with Gasteiger partial charge in [-0.3, -0.25) is 0 Å². The number of hydrogen-bond acceptors (Lipinski definition) is 0. The van der Waals surface area contributed by atoms with Gasteiger partial charge in [0.1, 0.15) is 0 Å². The fraction of sp³-hybridized carbons (Fsp3) is 0.417. The van der Waals surface area contributed by atoms with Gasteiger partial charge < -0.3 is 0 Å². The van der Waals surface area contributed by atoms with Crippen molar-refractivity contribution in [2.45, 2.75) is 114 Å². The Morgan fingerprint density at radius 1 is 0.538 bits per heavy atom. The van der Waals surface area contributed by atoms with Gasteiger partial charge >= 0.3 is 327 Å². The second kappa shape index (κ2) is 15.6. The Morgan fingerprint density at radius 3 is 1.23 bits per heavy atom. The third-order valence-electron chi connectivity index (χ3n) is 13.3. The molecule has 275 valence electrons. The van der Waals surface area contributed by atoms with Crippen LogP contribution in [0.4, 0.5) is 0 Å². The van der Waals surface area contributed by atoms with Crippen LogP contribution in [0.15, 0.2) is 83.9 Å². The molecule has 4 atom stereocenters. The molecule has 0 amide bonds. The van der Waals surface area contributed by atoms with Crippen LogP contribution in [0.3, 0.4) is 0 Å². The van der Waals surface area contributed by atoms with Crippen LogP contribution in [-0.4, -0.2) is 5.92 Å². The average molecular weight is 828 g/mol. The molecule has 52 heavy (non-hydrogen) atoms. The summed E-state index contributed by atoms with van der Waals surface area (Å²) < 4.78 is 0.168. The number of rotatable bonds is 13. The van der Waals surface area contributed by atoms with E-state index in [1.807, 2.05) is 0 Å². The Balaban J connectivity index is 1.70. The van der Waals surface area contributed by atoms with Crippen LogP contribution in [0.5, 0.6) is 0 Å². The van der Waals surface area contributed by atoms with E-state index in [2.05, 4.69) is 153 Å². The van der Waals surface area contributed by atoms with Crippen LogP contribution in [0.25, 0.3) is 34.4 Å². The van der Waals surface area contributed by atoms with E-state index in [0.717, 1.165) is 38.5 Å². The van der Waals surface area contributed by atoms with Crippen LogP contribution >= 0.6 is 17.0 Å². The van der Waals surface area contributed by atoms with Crippen molar-refractivity contribution in [3.63, 3.8) is 0 Å². The molecule has 4 aromatic carbocycles. The zero-order valence-electron chi connectivity index (χ0n) is 33.5. The summed E-state index contributed by atoms with van der Waals surface area (Å²) in [5, 5.41) is 0. The van der Waals surface area contributed by atoms with Crippen LogP contribution in [-0.2, 0) is 41.2 Å². The molecule has 0 saturated carbocycles. The molecule has 0 heterocycles. The maximum absolute atomic E-state index is 9.01. The molecular formula is C48H61Cl2SiZr. The van der Waals surface area contributed by atoms with Crippen molar-refractivity contribution >= 4 is 35.1 Å². The second-order valence-electron chi connectivity index (χ2n) is 16.1. The molecule has 0 aromatic heterocycles. The molecule has 0 spiro atoms. The third-order valence-corrected chi connectivity index (χ3v) is 65.0. The van der Waals surface area contributed by atoms with Crippen molar-refractivity contribution in [3.05, 3.63) is 128 Å². The van der Waals surface area contributed by atoms with Crippen LogP contribution in [0.2, 0.25) is 13.1 Å². The normalized spacial score (nSPS) is 18.8. The standard InChI is InChI=1S/2C23H27.C2H7Si.2ClH.Zr/c2*1-5-16(4)20-14-19-13-12-18(7-3)23(22(19)15-20)21-11-9-8-10-17(21)6-2;1-3-2;;;/h2*8-16H,5-7H2,1-4H3;3H,1-2H3;2*1H;/q;;;;;+2/p-2. The van der Waals surface area contributed by atoms with Gasteiger partial charge in [-0.1, -0.05) is 0 Å². The molecule has 2 aliphatic rings. The molecule has 0 nitrogen and oxygen atoms in total. The fourth-order valence-corrected chi connectivity index (χ4v) is 41.0. The Kier molecular flexibility index (Phi) is 12.0. The summed E-state index contributed by atoms with van der Waals surface area (Å²) in [6.45, 7) is 23.7. The summed E-state index contributed by atoms with van der Waals surface area (Å²) in [6, 6.07) is 27.9. The summed E-state index contributed by atoms with van der Waals surface area (Å²) in [5.41, 5.74) is 19.8. The van der Waals surface area contributed by atoms with Crippen LogP contribution in [0, 0.1) is 11.8 Å². The van der Waals surface area contributed by atoms with Gasteiger partial charge in [0.25, 0.3) is 0 Å². The van der Waals surface area contributed by atoms with E-state index in [1.165, 1.54) is 77.9 Å². The summed E-state index contributed by atoms with van der Waals surface area (Å²) in [7, 11) is 18.0. The van der Waals surface area contributed by atoms with Gasteiger partial charge in [-0.15, -0.1) is 0 Å². The van der Waals surface area contributed by atoms with Gasteiger partial charge in [0.2, 0.25) is 0 Å². The Labute approximate surface area is 324 Å². The molecular weight excluding hydrogens is 767 g/mol. The van der Waals surface area contributed by atoms with Gasteiger partial charge in [0.15, 0.2) is 0 Å². The van der Waals surface area contributed by atoms with E-state index in [1.54, 1.807) is 0 Å². The molecule has 0 aliphatic heterocycles. The predicted molar refractivity (Wildman–Crippen MR) is 232 cm³/mol. The third kappa shape index (κ3) is 6.29. The Bertz CT molecular complexity index is 1900. The maximum atomic E-state index is 9.01. The molecule has 4 heteroatoms. The molecule has 0 N–H and O–H groups in total. The fourth-order valence-electron chi connectivity index (χ4n) is 9.79. The molecule has 4 unspecified atom stereocenters. The molecule has 4 aromatic rings. The summed E-state index contributed by atoms with van der Waals surface area (Å²) in [4.78, 5) is 0. The van der Waals surface area contributed by atoms with Gasteiger partial charge in [-0.05, 0) is 0 Å². The molecule has 6 rings (SSSR count). The average Bonchev–Trinajstić information content (AvgIpc) is 3.77. The van der Waals surface area contributed by atoms with E-state index < -0.39 is 21.5 Å². The number of aryl methyl sites for hydroxylation is 4. The van der Waals surface area contributed by atoms with E-state index in [4.69, 9.17) is 17.0 Å². The van der Waals surface area contributed by atoms with Crippen LogP contribution in [0.1, 0.15) is 120 Å². The second-order valence-corrected chi connectivity index (χ2v) is 58.6. The molecule has 0 radical (unpaired) electrons. The van der Waals surface area contributed by atoms with E-state index in [9.17, 15) is 0 Å². The summed E-state index contributed by atoms with van der Waals surface area (Å²) >= 11 is -5.01. The Morgan fingerprint density at radius 2 is 0.904 bits per heavy atom. The number of hydrogen-bond donors (Lipinski definition) is 0. The summed E-state index contributed by atoms with van der Waals surface area (Å²) in [5.74, 6) is -0.932. The molecule has 0 saturated heterocycles. The summed E-state index contributed by atoms with van der Waals surface area (Å²) in [6.07, 6.45) is 11.3. The van der Waals surface area contributed by atoms with E-state index in [-0.39, 0.29) is 7.25 Å². The minimum atomic E-state index is -5.01. The first-order valence-electron chi connectivity index (χ1n) is 20.4. The first kappa shape index (κ1) is 39.7. The van der Waals surface area contributed by atoms with Crippen molar-refractivity contribution < 1.29 is 15.6 Å². The van der Waals surface area contributed by atoms with Crippen molar-refractivity contribution in [3.8, 4) is 22.3 Å². The van der Waals surface area contributed by atoms with Crippen molar-refractivity contribution in [1.29, 1.82) is 0 Å². The molecule has 0 bridgehead atoms. The van der Waals surface area contributed by atoms with Gasteiger partial charge in [-0.25, -0.2) is 0 Å². The number of benzene rings is 4. The molecule has 2 aliphatic carbocycles. The SMILES string of the molecule is CCc1ccccc1-c1c(CC)ccc2c1C=C(C(C)CC)[CH]2[Zr]([Cl])([Cl])([CH]1C(C(C)CC)=Cc2c1ccc(CC)c2-c1ccccc1CC)[SiH](C)C. The van der Waals surface area contributed by atoms with E-state index >= 15 is 0 Å². The number of halogens is 2. The van der Waals surface area contributed by atoms with Gasteiger partial charge in [0.05, 0.1) is 0 Å². The predicted octanol–water partition coefficient (Wildman–Crippen LogP) is 14.9. The first-order chi connectivity index (χ1) is 24.9. The van der Waals surface area contributed by atoms with Crippen molar-refractivity contribution in [2.24, 2.45) is 11.8 Å². The van der Waals surface area contributed by atoms with Crippen molar-refractivity contribution in [2.75, 3.05) is 0 Å². The van der Waals surface area contributed by atoms with Gasteiger partial charge in [0, 0.05) is 0 Å². The quantitative estimate of drug-likeness (QED) is 0.118. The minimum absolute atomic E-state index is 0.0838. The van der Waals surface area contributed by atoms with Crippen molar-refractivity contribution in [1.82, 2.24) is 0 Å². The zero-order chi connectivity index (χ0) is 37.6. The number of fused-ring (bicyclic) bond motifs is 2. The monoisotopic (exact) mass is 825 g/mol. The topological polar surface area (TPSA) is 0 Å². The van der Waals surface area contributed by atoms with Crippen LogP contribution < -0.4 is 0 Å².